The van der Waals surface area contributed by atoms with Crippen LogP contribution < -0.4 is 10.2 Å². The molecule has 3 aromatic heterocycles. The van der Waals surface area contributed by atoms with Crippen LogP contribution in [0.3, 0.4) is 0 Å². The minimum absolute atomic E-state index is 0.0361. The van der Waals surface area contributed by atoms with Crippen molar-refractivity contribution in [3.05, 3.63) is 49.1 Å². The fraction of sp³-hybridized carbons (Fsp3) is 0.348. The van der Waals surface area contributed by atoms with E-state index in [1.54, 1.807) is 10.8 Å². The monoisotopic (exact) mass is 443 g/mol. The van der Waals surface area contributed by atoms with Crippen LogP contribution >= 0.6 is 0 Å². The van der Waals surface area contributed by atoms with Crippen molar-refractivity contribution in [2.45, 2.75) is 25.9 Å². The standard InChI is InChI=1S/C23H25N9O/c1-14(2)19-12-30(17-9-24-10-17)23(33)32(19)20-7-8-31-22(28-20)18(11-27-31)15-3-5-16(6-4-15)21-25-13-26-29-21/h3-8,11,13-14,17,19,24H,9-10,12H2,1-2H3,(H,25,26,29)/t19-/m1/s1. The van der Waals surface area contributed by atoms with Crippen LogP contribution in [0.5, 0.6) is 0 Å². The topological polar surface area (TPSA) is 107 Å². The summed E-state index contributed by atoms with van der Waals surface area (Å²) in [5.41, 5.74) is 3.55. The molecule has 0 saturated carbocycles. The fourth-order valence-corrected chi connectivity index (χ4v) is 4.56. The smallest absolute Gasteiger partial charge is 0.317 e. The first-order valence-electron chi connectivity index (χ1n) is 11.2. The summed E-state index contributed by atoms with van der Waals surface area (Å²) >= 11 is 0. The number of H-pyrrole nitrogens is 1. The number of nitrogens with one attached hydrogen (secondary N) is 2. The van der Waals surface area contributed by atoms with Crippen molar-refractivity contribution in [3.63, 3.8) is 0 Å². The quantitative estimate of drug-likeness (QED) is 0.491. The van der Waals surface area contributed by atoms with Gasteiger partial charge < -0.3 is 10.2 Å². The molecule has 33 heavy (non-hydrogen) atoms. The zero-order valence-corrected chi connectivity index (χ0v) is 18.5. The number of hydrogen-bond donors (Lipinski definition) is 2. The number of nitrogens with zero attached hydrogens (tertiary/aromatic N) is 7. The minimum atomic E-state index is 0.0361. The molecule has 2 fully saturated rings. The van der Waals surface area contributed by atoms with Crippen molar-refractivity contribution >= 4 is 17.5 Å². The van der Waals surface area contributed by atoms with Gasteiger partial charge in [-0.05, 0) is 17.5 Å². The maximum Gasteiger partial charge on any atom is 0.326 e. The number of rotatable bonds is 5. The van der Waals surface area contributed by atoms with Crippen LogP contribution in [-0.2, 0) is 0 Å². The number of aromatic nitrogens is 6. The van der Waals surface area contributed by atoms with E-state index in [-0.39, 0.29) is 18.1 Å². The molecule has 0 radical (unpaired) electrons. The molecule has 2 saturated heterocycles. The van der Waals surface area contributed by atoms with E-state index < -0.39 is 0 Å². The predicted octanol–water partition coefficient (Wildman–Crippen LogP) is 2.42. The molecule has 2 aliphatic rings. The number of carbonyl (C=O) groups excluding carboxylic acids is 1. The number of urea groups is 1. The lowest BCUT2D eigenvalue weighted by Gasteiger charge is -2.35. The molecular weight excluding hydrogens is 418 g/mol. The molecule has 6 rings (SSSR count). The van der Waals surface area contributed by atoms with Gasteiger partial charge in [0.15, 0.2) is 11.5 Å². The van der Waals surface area contributed by atoms with E-state index in [0.717, 1.165) is 42.0 Å². The number of carbonyl (C=O) groups is 1. The molecule has 5 heterocycles. The lowest BCUT2D eigenvalue weighted by Crippen LogP contribution is -2.58. The van der Waals surface area contributed by atoms with Crippen LogP contribution in [0.4, 0.5) is 10.6 Å². The number of benzene rings is 1. The molecule has 4 aromatic rings. The van der Waals surface area contributed by atoms with Crippen molar-refractivity contribution < 1.29 is 4.79 Å². The molecule has 0 unspecified atom stereocenters. The number of aromatic amines is 1. The van der Waals surface area contributed by atoms with Gasteiger partial charge in [-0.25, -0.2) is 19.3 Å². The third-order valence-electron chi connectivity index (χ3n) is 6.61. The minimum Gasteiger partial charge on any atom is -0.317 e. The average molecular weight is 444 g/mol. The fourth-order valence-electron chi connectivity index (χ4n) is 4.56. The van der Waals surface area contributed by atoms with Gasteiger partial charge in [-0.1, -0.05) is 38.1 Å². The van der Waals surface area contributed by atoms with E-state index in [0.29, 0.717) is 17.6 Å². The molecular formula is C23H25N9O. The van der Waals surface area contributed by atoms with Crippen LogP contribution in [0.2, 0.25) is 0 Å². The molecule has 0 bridgehead atoms. The molecule has 0 spiro atoms. The summed E-state index contributed by atoms with van der Waals surface area (Å²) in [4.78, 5) is 26.4. The van der Waals surface area contributed by atoms with Gasteiger partial charge in [0.25, 0.3) is 0 Å². The summed E-state index contributed by atoms with van der Waals surface area (Å²) in [5, 5.41) is 14.6. The Hall–Kier alpha value is -3.79. The maximum absolute atomic E-state index is 13.4. The first kappa shape index (κ1) is 19.9. The molecule has 10 nitrogen and oxygen atoms in total. The summed E-state index contributed by atoms with van der Waals surface area (Å²) in [7, 11) is 0. The number of anilines is 1. The predicted molar refractivity (Wildman–Crippen MR) is 124 cm³/mol. The first-order chi connectivity index (χ1) is 16.1. The Balaban J connectivity index is 1.36. The average Bonchev–Trinajstić information content (AvgIpc) is 3.52. The molecule has 2 aliphatic heterocycles. The summed E-state index contributed by atoms with van der Waals surface area (Å²) in [6, 6.07) is 10.3. The van der Waals surface area contributed by atoms with Crippen molar-refractivity contribution in [1.82, 2.24) is 40.0 Å². The third-order valence-corrected chi connectivity index (χ3v) is 6.61. The number of amides is 2. The van der Waals surface area contributed by atoms with Crippen LogP contribution in [-0.4, -0.2) is 72.4 Å². The lowest BCUT2D eigenvalue weighted by atomic mass is 10.0. The molecule has 0 aliphatic carbocycles. The number of hydrogen-bond acceptors (Lipinski definition) is 6. The van der Waals surface area contributed by atoms with Gasteiger partial charge in [-0.3, -0.25) is 10.00 Å². The highest BCUT2D eigenvalue weighted by Crippen LogP contribution is 2.32. The van der Waals surface area contributed by atoms with Gasteiger partial charge in [0.2, 0.25) is 0 Å². The van der Waals surface area contributed by atoms with Gasteiger partial charge >= 0.3 is 6.03 Å². The van der Waals surface area contributed by atoms with E-state index in [1.165, 1.54) is 0 Å². The van der Waals surface area contributed by atoms with Crippen molar-refractivity contribution in [3.8, 4) is 22.5 Å². The van der Waals surface area contributed by atoms with Crippen LogP contribution in [0.1, 0.15) is 13.8 Å². The van der Waals surface area contributed by atoms with Crippen molar-refractivity contribution in [2.75, 3.05) is 24.5 Å². The Bertz CT molecular complexity index is 1290. The van der Waals surface area contributed by atoms with Gasteiger partial charge in [0.05, 0.1) is 18.3 Å². The normalized spacial score (nSPS) is 19.1. The number of fused-ring (bicyclic) bond motifs is 1. The van der Waals surface area contributed by atoms with Crippen molar-refractivity contribution in [2.24, 2.45) is 5.92 Å². The zero-order chi connectivity index (χ0) is 22.5. The highest BCUT2D eigenvalue weighted by molar-refractivity contribution is 5.95. The Morgan fingerprint density at radius 2 is 1.88 bits per heavy atom. The second kappa shape index (κ2) is 7.66. The van der Waals surface area contributed by atoms with E-state index in [9.17, 15) is 4.79 Å². The Morgan fingerprint density at radius 1 is 1.09 bits per heavy atom. The molecule has 2 N–H and O–H groups in total. The lowest BCUT2D eigenvalue weighted by molar-refractivity contribution is 0.172. The molecule has 2 amide bonds. The summed E-state index contributed by atoms with van der Waals surface area (Å²) in [5.74, 6) is 1.64. The van der Waals surface area contributed by atoms with Gasteiger partial charge in [0, 0.05) is 37.0 Å². The maximum atomic E-state index is 13.4. The van der Waals surface area contributed by atoms with Gasteiger partial charge in [0.1, 0.15) is 12.1 Å². The van der Waals surface area contributed by atoms with Crippen molar-refractivity contribution in [1.29, 1.82) is 0 Å². The largest absolute Gasteiger partial charge is 0.326 e. The first-order valence-corrected chi connectivity index (χ1v) is 11.2. The summed E-state index contributed by atoms with van der Waals surface area (Å²) in [6.07, 6.45) is 5.25. The molecule has 168 valence electrons. The van der Waals surface area contributed by atoms with E-state index in [2.05, 4.69) is 39.4 Å². The second-order valence-corrected chi connectivity index (χ2v) is 8.94. The Kier molecular flexibility index (Phi) is 4.61. The third kappa shape index (κ3) is 3.25. The zero-order valence-electron chi connectivity index (χ0n) is 18.5. The SMILES string of the molecule is CC(C)[C@H]1CN(C2CNC2)C(=O)N1c1ccn2ncc(-c3ccc(-c4nc[nH]n4)cc3)c2n1. The van der Waals surface area contributed by atoms with E-state index >= 15 is 0 Å². The molecule has 1 aromatic carbocycles. The van der Waals surface area contributed by atoms with Gasteiger partial charge in [-0.15, -0.1) is 0 Å². The van der Waals surface area contributed by atoms with E-state index in [1.807, 2.05) is 52.5 Å². The van der Waals surface area contributed by atoms with Crippen LogP contribution in [0, 0.1) is 5.92 Å². The highest BCUT2D eigenvalue weighted by Gasteiger charge is 2.44. The Morgan fingerprint density at radius 3 is 2.55 bits per heavy atom. The second-order valence-electron chi connectivity index (χ2n) is 8.94. The Labute approximate surface area is 190 Å². The van der Waals surface area contributed by atoms with Gasteiger partial charge in [-0.2, -0.15) is 10.2 Å². The van der Waals surface area contributed by atoms with E-state index in [4.69, 9.17) is 4.98 Å². The summed E-state index contributed by atoms with van der Waals surface area (Å²) < 4.78 is 1.75. The van der Waals surface area contributed by atoms with Crippen LogP contribution in [0.15, 0.2) is 49.1 Å². The van der Waals surface area contributed by atoms with Crippen LogP contribution in [0.25, 0.3) is 28.2 Å². The molecule has 1 atom stereocenters. The molecule has 10 heteroatoms. The highest BCUT2D eigenvalue weighted by atomic mass is 16.2. The summed E-state index contributed by atoms with van der Waals surface area (Å²) in [6.45, 7) is 6.75.